The van der Waals surface area contributed by atoms with Crippen LogP contribution in [0.4, 0.5) is 0 Å². The smallest absolute Gasteiger partial charge is 0.230 e. The van der Waals surface area contributed by atoms with Gasteiger partial charge in [-0.15, -0.1) is 0 Å². The topological polar surface area (TPSA) is 46.2 Å². The zero-order chi connectivity index (χ0) is 26.0. The second-order valence-electron chi connectivity index (χ2n) is 11.0. The predicted octanol–water partition coefficient (Wildman–Crippen LogP) is 8.04. The van der Waals surface area contributed by atoms with E-state index in [0.29, 0.717) is 55.5 Å². The summed E-state index contributed by atoms with van der Waals surface area (Å²) in [6, 6.07) is 0. The van der Waals surface area contributed by atoms with Crippen LogP contribution in [-0.4, -0.2) is 26.6 Å². The molecule has 0 radical (unpaired) electrons. The van der Waals surface area contributed by atoms with Gasteiger partial charge in [0.2, 0.25) is 6.79 Å². The minimum absolute atomic E-state index is 0.404. The largest absolute Gasteiger partial charge is 0.497 e. The van der Waals surface area contributed by atoms with Crippen molar-refractivity contribution >= 4 is 0 Å². The summed E-state index contributed by atoms with van der Waals surface area (Å²) in [6.07, 6.45) is 1.14. The molecular weight excluding hydrogens is 428 g/mol. The summed E-state index contributed by atoms with van der Waals surface area (Å²) in [5.74, 6) is 8.35. The van der Waals surface area contributed by atoms with Crippen molar-refractivity contribution in [3.05, 3.63) is 34.4 Å². The Hall–Kier alpha value is -1.78. The van der Waals surface area contributed by atoms with Crippen LogP contribution < -0.4 is 0 Å². The molecule has 3 heterocycles. The van der Waals surface area contributed by atoms with Crippen molar-refractivity contribution in [3.63, 3.8) is 0 Å². The number of hydrogen-bond donors (Lipinski definition) is 0. The van der Waals surface area contributed by atoms with Gasteiger partial charge in [0, 0.05) is 36.0 Å². The first kappa shape index (κ1) is 30.3. The molecule has 0 aromatic heterocycles. The second kappa shape index (κ2) is 14.6. The van der Waals surface area contributed by atoms with Gasteiger partial charge < -0.3 is 23.7 Å². The van der Waals surface area contributed by atoms with Gasteiger partial charge in [-0.1, -0.05) is 83.1 Å². The highest BCUT2D eigenvalue weighted by Gasteiger charge is 2.23. The Kier molecular flexibility index (Phi) is 13.0. The number of hydrogen-bond acceptors (Lipinski definition) is 5. The Balaban J connectivity index is 0.000000255. The maximum Gasteiger partial charge on any atom is 0.230 e. The lowest BCUT2D eigenvalue weighted by Crippen LogP contribution is -2.19. The molecule has 0 spiro atoms. The van der Waals surface area contributed by atoms with Gasteiger partial charge in [-0.25, -0.2) is 0 Å². The minimum Gasteiger partial charge on any atom is -0.497 e. The lowest BCUT2D eigenvalue weighted by molar-refractivity contribution is 0.0364. The molecule has 0 amide bonds. The van der Waals surface area contributed by atoms with Crippen molar-refractivity contribution < 1.29 is 23.7 Å². The quantitative estimate of drug-likeness (QED) is 0.385. The van der Waals surface area contributed by atoms with Crippen LogP contribution in [0.15, 0.2) is 34.4 Å². The highest BCUT2D eigenvalue weighted by atomic mass is 16.7. The Morgan fingerprint density at radius 2 is 0.706 bits per heavy atom. The van der Waals surface area contributed by atoms with Gasteiger partial charge in [-0.05, 0) is 11.5 Å². The maximum atomic E-state index is 5.57. The van der Waals surface area contributed by atoms with Gasteiger partial charge in [0.15, 0.2) is 0 Å². The standard InChI is InChI=1S/C10H18O2.C10H18O.C9H16O2/c1-7(2)9-10(8(3)4)12-6-5-11-9;1-7(2)9-5-6-11-10(9)8(3)4;1-6(2)8-9(7(3)4)11-5-10-8/h7-8H,5-6H2,1-4H3;7-8H,5-6H2,1-4H3;6-7H,5H2,1-4H3. The van der Waals surface area contributed by atoms with Crippen LogP contribution >= 0.6 is 0 Å². The third-order valence-electron chi connectivity index (χ3n) is 5.78. The Bertz CT molecular complexity index is 612. The lowest BCUT2D eigenvalue weighted by atomic mass is 9.96. The monoisotopic (exact) mass is 480 g/mol. The summed E-state index contributed by atoms with van der Waals surface area (Å²) in [5, 5.41) is 0. The Labute approximate surface area is 209 Å². The summed E-state index contributed by atoms with van der Waals surface area (Å²) in [7, 11) is 0. The third-order valence-corrected chi connectivity index (χ3v) is 5.78. The molecule has 3 aliphatic heterocycles. The van der Waals surface area contributed by atoms with Crippen LogP contribution in [0.3, 0.4) is 0 Å². The van der Waals surface area contributed by atoms with E-state index in [-0.39, 0.29) is 0 Å². The minimum atomic E-state index is 0.404. The van der Waals surface area contributed by atoms with Gasteiger partial charge >= 0.3 is 0 Å². The maximum absolute atomic E-state index is 5.57. The fourth-order valence-corrected chi connectivity index (χ4v) is 4.15. The average Bonchev–Trinajstić information content (AvgIpc) is 3.44. The summed E-state index contributed by atoms with van der Waals surface area (Å²) in [5.41, 5.74) is 1.53. The molecule has 198 valence electrons. The summed E-state index contributed by atoms with van der Waals surface area (Å²) >= 11 is 0. The molecule has 0 aromatic carbocycles. The first-order valence-electron chi connectivity index (χ1n) is 13.2. The number of allylic oxidation sites excluding steroid dienone is 5. The fraction of sp³-hybridized carbons (Fsp3) is 0.793. The first-order valence-corrected chi connectivity index (χ1v) is 13.2. The lowest BCUT2D eigenvalue weighted by Gasteiger charge is -2.26. The van der Waals surface area contributed by atoms with Crippen molar-refractivity contribution in [1.29, 1.82) is 0 Å². The number of ether oxygens (including phenoxy) is 5. The van der Waals surface area contributed by atoms with Crippen LogP contribution in [0, 0.1) is 35.5 Å². The van der Waals surface area contributed by atoms with E-state index in [9.17, 15) is 0 Å². The van der Waals surface area contributed by atoms with Crippen LogP contribution in [0.1, 0.15) is 89.5 Å². The van der Waals surface area contributed by atoms with Gasteiger partial charge in [-0.2, -0.15) is 0 Å². The highest BCUT2D eigenvalue weighted by molar-refractivity contribution is 5.16. The first-order chi connectivity index (χ1) is 15.9. The van der Waals surface area contributed by atoms with Crippen LogP contribution in [0.2, 0.25) is 0 Å². The van der Waals surface area contributed by atoms with Crippen molar-refractivity contribution in [3.8, 4) is 0 Å². The van der Waals surface area contributed by atoms with Crippen molar-refractivity contribution in [1.82, 2.24) is 0 Å². The van der Waals surface area contributed by atoms with E-state index in [0.717, 1.165) is 36.1 Å². The fourth-order valence-electron chi connectivity index (χ4n) is 4.15. The van der Waals surface area contributed by atoms with E-state index in [4.69, 9.17) is 23.7 Å². The Morgan fingerprint density at radius 1 is 0.382 bits per heavy atom. The van der Waals surface area contributed by atoms with E-state index < -0.39 is 0 Å². The highest BCUT2D eigenvalue weighted by Crippen LogP contribution is 2.30. The molecule has 0 N–H and O–H groups in total. The zero-order valence-corrected chi connectivity index (χ0v) is 24.0. The predicted molar refractivity (Wildman–Crippen MR) is 140 cm³/mol. The normalized spacial score (nSPS) is 18.1. The van der Waals surface area contributed by atoms with Crippen LogP contribution in [0.5, 0.6) is 0 Å². The van der Waals surface area contributed by atoms with Gasteiger partial charge in [0.25, 0.3) is 0 Å². The third kappa shape index (κ3) is 9.11. The SMILES string of the molecule is CC(C)C1=C(C(C)C)OCC1.CC(C)C1=C(C(C)C)OCCO1.CC(C)C1=C(C(C)C)OCO1. The summed E-state index contributed by atoms with van der Waals surface area (Å²) < 4.78 is 27.4. The van der Waals surface area contributed by atoms with Crippen molar-refractivity contribution in [2.75, 3.05) is 26.6 Å². The molecule has 0 saturated carbocycles. The summed E-state index contributed by atoms with van der Waals surface area (Å²) in [4.78, 5) is 0. The molecule has 0 bridgehead atoms. The average molecular weight is 481 g/mol. The Morgan fingerprint density at radius 3 is 1.00 bits per heavy atom. The van der Waals surface area contributed by atoms with E-state index in [1.165, 1.54) is 11.3 Å². The van der Waals surface area contributed by atoms with E-state index in [1.807, 2.05) is 0 Å². The molecule has 3 aliphatic rings. The molecule has 5 heteroatoms. The molecule has 5 nitrogen and oxygen atoms in total. The van der Waals surface area contributed by atoms with Crippen molar-refractivity contribution in [2.45, 2.75) is 89.5 Å². The zero-order valence-electron chi connectivity index (χ0n) is 24.0. The van der Waals surface area contributed by atoms with E-state index in [1.54, 1.807) is 0 Å². The molecule has 3 rings (SSSR count). The molecule has 0 aliphatic carbocycles. The van der Waals surface area contributed by atoms with E-state index >= 15 is 0 Å². The van der Waals surface area contributed by atoms with Gasteiger partial charge in [0.05, 0.1) is 12.4 Å². The van der Waals surface area contributed by atoms with Crippen LogP contribution in [0.25, 0.3) is 0 Å². The molecule has 0 fully saturated rings. The molecule has 0 aromatic rings. The molecular formula is C29H52O5. The van der Waals surface area contributed by atoms with Crippen molar-refractivity contribution in [2.24, 2.45) is 35.5 Å². The molecule has 0 saturated heterocycles. The molecule has 0 atom stereocenters. The van der Waals surface area contributed by atoms with Gasteiger partial charge in [-0.3, -0.25) is 0 Å². The molecule has 34 heavy (non-hydrogen) atoms. The molecule has 0 unspecified atom stereocenters. The van der Waals surface area contributed by atoms with Crippen LogP contribution in [-0.2, 0) is 23.7 Å². The van der Waals surface area contributed by atoms with E-state index in [2.05, 4.69) is 83.1 Å². The summed E-state index contributed by atoms with van der Waals surface area (Å²) in [6.45, 7) is 28.6. The number of rotatable bonds is 6. The van der Waals surface area contributed by atoms with Gasteiger partial charge in [0.1, 0.15) is 36.3 Å². The second-order valence-corrected chi connectivity index (χ2v) is 11.0.